The van der Waals surface area contributed by atoms with Crippen LogP contribution in [0.3, 0.4) is 0 Å². The van der Waals surface area contributed by atoms with Crippen LogP contribution in [0.5, 0.6) is 0 Å². The number of rotatable bonds is 3. The van der Waals surface area contributed by atoms with Gasteiger partial charge in [0.05, 0.1) is 5.69 Å². The summed E-state index contributed by atoms with van der Waals surface area (Å²) in [6.07, 6.45) is 3.23. The van der Waals surface area contributed by atoms with Crippen molar-refractivity contribution in [2.45, 2.75) is 44.7 Å². The Kier molecular flexibility index (Phi) is 5.09. The number of anilines is 1. The molecule has 2 aliphatic rings. The van der Waals surface area contributed by atoms with Gasteiger partial charge in [-0.3, -0.25) is 19.0 Å². The Morgan fingerprint density at radius 3 is 2.72 bits per heavy atom. The number of halogens is 1. The maximum atomic E-state index is 13.3. The Hall–Kier alpha value is -2.08. The van der Waals surface area contributed by atoms with Crippen molar-refractivity contribution in [3.8, 4) is 0 Å². The number of benzene rings is 1. The van der Waals surface area contributed by atoms with E-state index in [2.05, 4.69) is 23.9 Å². The average Bonchev–Trinajstić information content (AvgIpc) is 3.11. The molecule has 8 nitrogen and oxygen atoms in total. The molecule has 10 heteroatoms. The summed E-state index contributed by atoms with van der Waals surface area (Å²) in [4.78, 5) is 26.4. The molecule has 0 spiro atoms. The van der Waals surface area contributed by atoms with E-state index in [-0.39, 0.29) is 15.9 Å². The molecule has 2 aromatic rings. The third-order valence-electron chi connectivity index (χ3n) is 5.05. The van der Waals surface area contributed by atoms with Crippen LogP contribution in [0.2, 0.25) is 0 Å². The van der Waals surface area contributed by atoms with Crippen molar-refractivity contribution >= 4 is 50.2 Å². The molecule has 4 rings (SSSR count). The fourth-order valence-electron chi connectivity index (χ4n) is 3.58. The van der Waals surface area contributed by atoms with E-state index in [0.717, 1.165) is 9.99 Å². The van der Waals surface area contributed by atoms with Crippen molar-refractivity contribution in [2.24, 2.45) is 5.92 Å². The molecule has 0 fully saturated rings. The van der Waals surface area contributed by atoms with Gasteiger partial charge in [-0.05, 0) is 59.5 Å². The molecule has 0 saturated heterocycles. The van der Waals surface area contributed by atoms with E-state index in [1.54, 1.807) is 27.6 Å². The van der Waals surface area contributed by atoms with Gasteiger partial charge < -0.3 is 5.32 Å². The number of hydrogen-bond acceptors (Lipinski definition) is 5. The molecule has 29 heavy (non-hydrogen) atoms. The molecule has 0 unspecified atom stereocenters. The van der Waals surface area contributed by atoms with Crippen LogP contribution in [0.15, 0.2) is 32.7 Å². The van der Waals surface area contributed by atoms with E-state index in [9.17, 15) is 18.0 Å². The molecule has 1 aromatic carbocycles. The number of hydrogen-bond donors (Lipinski definition) is 2. The van der Waals surface area contributed by atoms with Gasteiger partial charge in [-0.1, -0.05) is 19.9 Å². The maximum Gasteiger partial charge on any atom is 0.280 e. The smallest absolute Gasteiger partial charge is 0.280 e. The largest absolute Gasteiger partial charge is 0.339 e. The minimum atomic E-state index is -3.91. The molecule has 0 amide bonds. The molecule has 0 aliphatic carbocycles. The highest BCUT2D eigenvalue weighted by molar-refractivity contribution is 14.1. The summed E-state index contributed by atoms with van der Waals surface area (Å²) in [5.74, 6) is 0.294. The Balaban J connectivity index is 2.02. The fraction of sp³-hybridized carbons (Fsp3) is 0.368. The van der Waals surface area contributed by atoms with Gasteiger partial charge in [0.25, 0.3) is 15.6 Å². The van der Waals surface area contributed by atoms with Crippen LogP contribution >= 0.6 is 22.6 Å². The van der Waals surface area contributed by atoms with Gasteiger partial charge in [0.1, 0.15) is 21.3 Å². The highest BCUT2D eigenvalue weighted by Crippen LogP contribution is 2.28. The SMILES string of the molecule is CC(C)CCn1c(=O)c(=C2Nc3ccc(I)cc3S(=O)(=O)N2)c(=O)c2n1CCC=2. The second kappa shape index (κ2) is 7.31. The molecule has 154 valence electrons. The van der Waals surface area contributed by atoms with Crippen LogP contribution in [0.25, 0.3) is 11.9 Å². The van der Waals surface area contributed by atoms with Crippen molar-refractivity contribution in [1.82, 2.24) is 14.1 Å². The van der Waals surface area contributed by atoms with Crippen molar-refractivity contribution in [1.29, 1.82) is 0 Å². The minimum absolute atomic E-state index is 0.0860. The van der Waals surface area contributed by atoms with Crippen LogP contribution in [0.1, 0.15) is 26.7 Å². The Bertz CT molecular complexity index is 1360. The monoisotopic (exact) mass is 528 g/mol. The topological polar surface area (TPSA) is 102 Å². The summed E-state index contributed by atoms with van der Waals surface area (Å²) in [5.41, 5.74) is -0.620. The average molecular weight is 528 g/mol. The molecule has 2 aliphatic heterocycles. The first kappa shape index (κ1) is 20.2. The number of aromatic nitrogens is 2. The predicted molar refractivity (Wildman–Crippen MR) is 119 cm³/mol. The molecule has 0 radical (unpaired) electrons. The lowest BCUT2D eigenvalue weighted by Crippen LogP contribution is -2.60. The van der Waals surface area contributed by atoms with Gasteiger partial charge in [-0.2, -0.15) is 0 Å². The molecule has 0 atom stereocenters. The third kappa shape index (κ3) is 3.52. The van der Waals surface area contributed by atoms with Crippen LogP contribution < -0.4 is 31.6 Å². The number of sulfonamides is 1. The highest BCUT2D eigenvalue weighted by atomic mass is 127. The zero-order valence-corrected chi connectivity index (χ0v) is 19.0. The lowest BCUT2D eigenvalue weighted by atomic mass is 10.1. The summed E-state index contributed by atoms with van der Waals surface area (Å²) in [7, 11) is -3.91. The Labute approximate surface area is 181 Å². The second-order valence-corrected chi connectivity index (χ2v) is 10.5. The van der Waals surface area contributed by atoms with E-state index >= 15 is 0 Å². The van der Waals surface area contributed by atoms with Crippen LogP contribution in [0.4, 0.5) is 5.69 Å². The van der Waals surface area contributed by atoms with Crippen molar-refractivity contribution < 1.29 is 8.42 Å². The highest BCUT2D eigenvalue weighted by Gasteiger charge is 2.28. The summed E-state index contributed by atoms with van der Waals surface area (Å²) >= 11 is 2.03. The van der Waals surface area contributed by atoms with Gasteiger partial charge in [0.15, 0.2) is 0 Å². The Morgan fingerprint density at radius 2 is 2.00 bits per heavy atom. The van der Waals surface area contributed by atoms with E-state index in [1.165, 1.54) is 6.07 Å². The summed E-state index contributed by atoms with van der Waals surface area (Å²) < 4.78 is 32.0. The lowest BCUT2D eigenvalue weighted by Gasteiger charge is -2.23. The molecule has 0 bridgehead atoms. The van der Waals surface area contributed by atoms with E-state index in [1.807, 2.05) is 22.6 Å². The maximum absolute atomic E-state index is 13.3. The summed E-state index contributed by atoms with van der Waals surface area (Å²) in [6.45, 7) is 5.15. The van der Waals surface area contributed by atoms with Gasteiger partial charge >= 0.3 is 0 Å². The number of fused-ring (bicyclic) bond motifs is 2. The molecule has 3 heterocycles. The van der Waals surface area contributed by atoms with Crippen LogP contribution in [-0.4, -0.2) is 17.8 Å². The van der Waals surface area contributed by atoms with Crippen molar-refractivity contribution in [3.05, 3.63) is 52.9 Å². The standard InChI is InChI=1S/C19H21IN4O4S/c1-11(2)7-9-24-19(26)16(17(25)14-4-3-8-23(14)24)18-21-13-6-5-12(20)10-15(13)29(27,28)22-18/h4-6,10-11,21-22H,3,7-9H2,1-2H3. The lowest BCUT2D eigenvalue weighted by molar-refractivity contribution is 0.388. The molecular weight excluding hydrogens is 507 g/mol. The van der Waals surface area contributed by atoms with E-state index in [0.29, 0.717) is 36.5 Å². The van der Waals surface area contributed by atoms with Crippen molar-refractivity contribution in [2.75, 3.05) is 5.32 Å². The predicted octanol–water partition coefficient (Wildman–Crippen LogP) is 0.315. The molecular formula is C19H21IN4O4S. The van der Waals surface area contributed by atoms with E-state index < -0.39 is 21.0 Å². The second-order valence-electron chi connectivity index (χ2n) is 7.56. The summed E-state index contributed by atoms with van der Waals surface area (Å²) in [5, 5.41) is 3.19. The van der Waals surface area contributed by atoms with Gasteiger partial charge in [-0.25, -0.2) is 13.1 Å². The van der Waals surface area contributed by atoms with Gasteiger partial charge in [0.2, 0.25) is 5.43 Å². The third-order valence-corrected chi connectivity index (χ3v) is 7.11. The first-order valence-electron chi connectivity index (χ1n) is 9.37. The van der Waals surface area contributed by atoms with Gasteiger partial charge in [-0.15, -0.1) is 0 Å². The van der Waals surface area contributed by atoms with Gasteiger partial charge in [0, 0.05) is 16.7 Å². The quantitative estimate of drug-likeness (QED) is 0.559. The fourth-order valence-corrected chi connectivity index (χ4v) is 5.51. The molecule has 2 N–H and O–H groups in total. The number of nitrogens with zero attached hydrogens (tertiary/aromatic N) is 2. The Morgan fingerprint density at radius 1 is 1.24 bits per heavy atom. The van der Waals surface area contributed by atoms with Crippen LogP contribution in [-0.2, 0) is 23.1 Å². The summed E-state index contributed by atoms with van der Waals surface area (Å²) in [6, 6.07) is 4.93. The number of nitrogens with one attached hydrogen (secondary N) is 2. The zero-order chi connectivity index (χ0) is 20.9. The first-order chi connectivity index (χ1) is 13.7. The first-order valence-corrected chi connectivity index (χ1v) is 11.9. The van der Waals surface area contributed by atoms with Crippen LogP contribution in [0, 0.1) is 9.49 Å². The molecule has 0 saturated carbocycles. The minimum Gasteiger partial charge on any atom is -0.339 e. The molecule has 1 aromatic heterocycles. The zero-order valence-electron chi connectivity index (χ0n) is 16.0. The van der Waals surface area contributed by atoms with E-state index in [4.69, 9.17) is 0 Å². The van der Waals surface area contributed by atoms with Crippen molar-refractivity contribution in [3.63, 3.8) is 0 Å². The normalized spacial score (nSPS) is 18.5.